The lowest BCUT2D eigenvalue weighted by Crippen LogP contribution is -2.14. The SMILES string of the molecule is Cc1cc(-c2cn(C)nc2C(C)(C)C)nc(N)n1. The van der Waals surface area contributed by atoms with E-state index >= 15 is 0 Å². The summed E-state index contributed by atoms with van der Waals surface area (Å²) >= 11 is 0. The average molecular weight is 245 g/mol. The third kappa shape index (κ3) is 2.34. The van der Waals surface area contributed by atoms with Gasteiger partial charge in [0.15, 0.2) is 0 Å². The second-order valence-corrected chi connectivity index (χ2v) is 5.57. The first kappa shape index (κ1) is 12.5. The molecule has 5 heteroatoms. The number of aryl methyl sites for hydroxylation is 2. The Kier molecular flexibility index (Phi) is 2.84. The fraction of sp³-hybridized carbons (Fsp3) is 0.462. The molecule has 0 saturated carbocycles. The first-order chi connectivity index (χ1) is 8.27. The highest BCUT2D eigenvalue weighted by atomic mass is 15.3. The number of nitrogen functional groups attached to an aromatic ring is 1. The van der Waals surface area contributed by atoms with Crippen molar-refractivity contribution in [2.45, 2.75) is 33.1 Å². The van der Waals surface area contributed by atoms with Gasteiger partial charge in [-0.2, -0.15) is 5.10 Å². The molecule has 2 aromatic rings. The van der Waals surface area contributed by atoms with Crippen molar-refractivity contribution < 1.29 is 0 Å². The largest absolute Gasteiger partial charge is 0.368 e. The van der Waals surface area contributed by atoms with Crippen LogP contribution in [0.5, 0.6) is 0 Å². The van der Waals surface area contributed by atoms with Gasteiger partial charge in [-0.3, -0.25) is 4.68 Å². The van der Waals surface area contributed by atoms with Crippen molar-refractivity contribution >= 4 is 5.95 Å². The van der Waals surface area contributed by atoms with E-state index in [1.165, 1.54) is 0 Å². The highest BCUT2D eigenvalue weighted by Gasteiger charge is 2.23. The van der Waals surface area contributed by atoms with Crippen LogP contribution in [0.4, 0.5) is 5.95 Å². The topological polar surface area (TPSA) is 69.6 Å². The highest BCUT2D eigenvalue weighted by molar-refractivity contribution is 5.64. The van der Waals surface area contributed by atoms with Gasteiger partial charge in [-0.1, -0.05) is 20.8 Å². The van der Waals surface area contributed by atoms with Crippen LogP contribution in [0.25, 0.3) is 11.3 Å². The van der Waals surface area contributed by atoms with Crippen molar-refractivity contribution in [1.29, 1.82) is 0 Å². The molecule has 0 spiro atoms. The summed E-state index contributed by atoms with van der Waals surface area (Å²) in [5, 5.41) is 4.53. The maximum absolute atomic E-state index is 5.71. The first-order valence-electron chi connectivity index (χ1n) is 5.93. The number of aromatic nitrogens is 4. The van der Waals surface area contributed by atoms with E-state index in [0.717, 1.165) is 22.6 Å². The van der Waals surface area contributed by atoms with Crippen LogP contribution in [0, 0.1) is 6.92 Å². The summed E-state index contributed by atoms with van der Waals surface area (Å²) in [4.78, 5) is 8.40. The van der Waals surface area contributed by atoms with Gasteiger partial charge >= 0.3 is 0 Å². The van der Waals surface area contributed by atoms with Gasteiger partial charge in [-0.15, -0.1) is 0 Å². The Balaban J connectivity index is 2.63. The second kappa shape index (κ2) is 4.08. The van der Waals surface area contributed by atoms with Crippen LogP contribution in [0.1, 0.15) is 32.2 Å². The van der Waals surface area contributed by atoms with E-state index in [9.17, 15) is 0 Å². The number of nitrogens with zero attached hydrogens (tertiary/aromatic N) is 4. The Morgan fingerprint density at radius 1 is 1.22 bits per heavy atom. The minimum Gasteiger partial charge on any atom is -0.368 e. The number of hydrogen-bond donors (Lipinski definition) is 1. The Hall–Kier alpha value is -1.91. The maximum Gasteiger partial charge on any atom is 0.220 e. The van der Waals surface area contributed by atoms with E-state index in [1.54, 1.807) is 0 Å². The van der Waals surface area contributed by atoms with Gasteiger partial charge in [0.2, 0.25) is 5.95 Å². The molecule has 0 saturated heterocycles. The summed E-state index contributed by atoms with van der Waals surface area (Å²) in [5.74, 6) is 0.300. The van der Waals surface area contributed by atoms with Crippen LogP contribution in [-0.4, -0.2) is 19.7 Å². The second-order valence-electron chi connectivity index (χ2n) is 5.57. The molecule has 2 aromatic heterocycles. The Morgan fingerprint density at radius 3 is 2.44 bits per heavy atom. The smallest absolute Gasteiger partial charge is 0.220 e. The van der Waals surface area contributed by atoms with Crippen LogP contribution in [0.3, 0.4) is 0 Å². The van der Waals surface area contributed by atoms with Crippen LogP contribution < -0.4 is 5.73 Å². The molecule has 5 nitrogen and oxygen atoms in total. The van der Waals surface area contributed by atoms with Crippen LogP contribution in [-0.2, 0) is 12.5 Å². The quantitative estimate of drug-likeness (QED) is 0.835. The van der Waals surface area contributed by atoms with Crippen molar-refractivity contribution in [2.75, 3.05) is 5.73 Å². The molecular weight excluding hydrogens is 226 g/mol. The predicted octanol–water partition coefficient (Wildman–Crippen LogP) is 2.07. The van der Waals surface area contributed by atoms with Crippen LogP contribution in [0.15, 0.2) is 12.3 Å². The van der Waals surface area contributed by atoms with Gasteiger partial charge in [-0.25, -0.2) is 9.97 Å². The molecule has 0 aliphatic rings. The van der Waals surface area contributed by atoms with E-state index in [2.05, 4.69) is 35.8 Å². The van der Waals surface area contributed by atoms with E-state index in [1.807, 2.05) is 30.9 Å². The summed E-state index contributed by atoms with van der Waals surface area (Å²) in [5.41, 5.74) is 9.40. The fourth-order valence-electron chi connectivity index (χ4n) is 1.96. The lowest BCUT2D eigenvalue weighted by Gasteiger charge is -2.17. The van der Waals surface area contributed by atoms with Gasteiger partial charge in [0.25, 0.3) is 0 Å². The molecule has 2 N–H and O–H groups in total. The Labute approximate surface area is 107 Å². The minimum atomic E-state index is -0.0375. The molecule has 0 radical (unpaired) electrons. The maximum atomic E-state index is 5.71. The molecule has 0 aliphatic carbocycles. The van der Waals surface area contributed by atoms with Gasteiger partial charge in [-0.05, 0) is 13.0 Å². The summed E-state index contributed by atoms with van der Waals surface area (Å²) in [6.07, 6.45) is 1.97. The number of hydrogen-bond acceptors (Lipinski definition) is 4. The lowest BCUT2D eigenvalue weighted by molar-refractivity contribution is 0.554. The summed E-state index contributed by atoms with van der Waals surface area (Å²) < 4.78 is 1.81. The molecule has 2 rings (SSSR count). The van der Waals surface area contributed by atoms with Gasteiger partial charge < -0.3 is 5.73 Å². The van der Waals surface area contributed by atoms with Gasteiger partial charge in [0, 0.05) is 29.9 Å². The van der Waals surface area contributed by atoms with Crippen molar-refractivity contribution in [3.05, 3.63) is 23.7 Å². The van der Waals surface area contributed by atoms with Crippen molar-refractivity contribution in [3.63, 3.8) is 0 Å². The fourth-order valence-corrected chi connectivity index (χ4v) is 1.96. The third-order valence-electron chi connectivity index (χ3n) is 2.69. The van der Waals surface area contributed by atoms with Gasteiger partial charge in [0.05, 0.1) is 11.4 Å². The van der Waals surface area contributed by atoms with E-state index in [4.69, 9.17) is 5.73 Å². The third-order valence-corrected chi connectivity index (χ3v) is 2.69. The average Bonchev–Trinajstić information content (AvgIpc) is 2.58. The van der Waals surface area contributed by atoms with Crippen molar-refractivity contribution in [2.24, 2.45) is 7.05 Å². The summed E-state index contributed by atoms with van der Waals surface area (Å²) in [6.45, 7) is 8.32. The van der Waals surface area contributed by atoms with Crippen molar-refractivity contribution in [3.8, 4) is 11.3 Å². The molecule has 2 heterocycles. The molecule has 0 aromatic carbocycles. The zero-order chi connectivity index (χ0) is 13.5. The molecule has 18 heavy (non-hydrogen) atoms. The standard InChI is InChI=1S/C13H19N5/c1-8-6-10(16-12(14)15-8)9-7-18(5)17-11(9)13(2,3)4/h6-7H,1-5H3,(H2,14,15,16). The first-order valence-corrected chi connectivity index (χ1v) is 5.93. The monoisotopic (exact) mass is 245 g/mol. The number of anilines is 1. The van der Waals surface area contributed by atoms with Crippen molar-refractivity contribution in [1.82, 2.24) is 19.7 Å². The molecule has 0 fully saturated rings. The zero-order valence-electron chi connectivity index (χ0n) is 11.5. The highest BCUT2D eigenvalue weighted by Crippen LogP contribution is 2.31. The lowest BCUT2D eigenvalue weighted by atomic mass is 9.88. The molecule has 0 atom stereocenters. The van der Waals surface area contributed by atoms with E-state index in [-0.39, 0.29) is 5.41 Å². The van der Waals surface area contributed by atoms with Crippen LogP contribution >= 0.6 is 0 Å². The number of rotatable bonds is 1. The normalized spacial score (nSPS) is 11.8. The Morgan fingerprint density at radius 2 is 1.89 bits per heavy atom. The molecule has 0 bridgehead atoms. The van der Waals surface area contributed by atoms with E-state index < -0.39 is 0 Å². The molecule has 0 amide bonds. The van der Waals surface area contributed by atoms with E-state index in [0.29, 0.717) is 5.95 Å². The summed E-state index contributed by atoms with van der Waals surface area (Å²) in [6, 6.07) is 1.93. The van der Waals surface area contributed by atoms with Crippen LogP contribution in [0.2, 0.25) is 0 Å². The molecule has 0 aliphatic heterocycles. The molecule has 96 valence electrons. The van der Waals surface area contributed by atoms with Gasteiger partial charge in [0.1, 0.15) is 0 Å². The predicted molar refractivity (Wildman–Crippen MR) is 72.1 cm³/mol. The molecular formula is C13H19N5. The number of nitrogens with two attached hydrogens (primary N) is 1. The molecule has 0 unspecified atom stereocenters. The summed E-state index contributed by atoms with van der Waals surface area (Å²) in [7, 11) is 1.91. The Bertz CT molecular complexity index is 557. The zero-order valence-corrected chi connectivity index (χ0v) is 11.5. The minimum absolute atomic E-state index is 0.0375.